The second kappa shape index (κ2) is 7.49. The molecule has 22 heavy (non-hydrogen) atoms. The van der Waals surface area contributed by atoms with E-state index in [0.29, 0.717) is 5.75 Å². The minimum Gasteiger partial charge on any atom is -0.493 e. The second-order valence-corrected chi connectivity index (χ2v) is 5.50. The Morgan fingerprint density at radius 1 is 1.18 bits per heavy atom. The van der Waals surface area contributed by atoms with Crippen LogP contribution in [0, 0.1) is 0 Å². The van der Waals surface area contributed by atoms with Crippen LogP contribution in [-0.2, 0) is 0 Å². The summed E-state index contributed by atoms with van der Waals surface area (Å²) in [6.07, 6.45) is 2.41. The lowest BCUT2D eigenvalue weighted by molar-refractivity contribution is 0.212. The molecule has 2 rings (SSSR count). The number of nitrogens with zero attached hydrogens (tertiary/aromatic N) is 2. The Hall–Kier alpha value is -1.75. The SMILES string of the molecule is CCCCN(CC)C(C)c1nc2cc(OC)c(OC)cc2[nH]1. The van der Waals surface area contributed by atoms with E-state index in [1.165, 1.54) is 12.8 Å². The number of nitrogens with one attached hydrogen (secondary N) is 1. The number of hydrogen-bond donors (Lipinski definition) is 1. The van der Waals surface area contributed by atoms with Crippen molar-refractivity contribution in [3.63, 3.8) is 0 Å². The van der Waals surface area contributed by atoms with Gasteiger partial charge < -0.3 is 14.5 Å². The average Bonchev–Trinajstić information content (AvgIpc) is 2.96. The Balaban J connectivity index is 2.31. The molecule has 0 aliphatic heterocycles. The molecule has 122 valence electrons. The fourth-order valence-corrected chi connectivity index (χ4v) is 2.71. The van der Waals surface area contributed by atoms with Gasteiger partial charge in [-0.25, -0.2) is 4.98 Å². The fourth-order valence-electron chi connectivity index (χ4n) is 2.71. The maximum atomic E-state index is 5.35. The van der Waals surface area contributed by atoms with E-state index >= 15 is 0 Å². The molecule has 0 aliphatic rings. The van der Waals surface area contributed by atoms with Gasteiger partial charge in [-0.3, -0.25) is 4.90 Å². The number of aromatic nitrogens is 2. The number of rotatable bonds is 8. The molecular formula is C17H27N3O2. The molecule has 1 N–H and O–H groups in total. The van der Waals surface area contributed by atoms with Crippen molar-refractivity contribution >= 4 is 11.0 Å². The summed E-state index contributed by atoms with van der Waals surface area (Å²) in [5, 5.41) is 0. The third-order valence-electron chi connectivity index (χ3n) is 4.15. The molecule has 0 saturated carbocycles. The van der Waals surface area contributed by atoms with Gasteiger partial charge in [0.15, 0.2) is 11.5 Å². The number of unbranched alkanes of at least 4 members (excludes halogenated alkanes) is 1. The number of fused-ring (bicyclic) bond motifs is 1. The van der Waals surface area contributed by atoms with Gasteiger partial charge in [0.2, 0.25) is 0 Å². The third-order valence-corrected chi connectivity index (χ3v) is 4.15. The van der Waals surface area contributed by atoms with E-state index in [-0.39, 0.29) is 6.04 Å². The molecule has 0 spiro atoms. The van der Waals surface area contributed by atoms with Gasteiger partial charge in [0, 0.05) is 12.1 Å². The molecule has 0 radical (unpaired) electrons. The summed E-state index contributed by atoms with van der Waals surface area (Å²) < 4.78 is 10.7. The van der Waals surface area contributed by atoms with E-state index in [2.05, 4.69) is 30.7 Å². The van der Waals surface area contributed by atoms with Crippen LogP contribution >= 0.6 is 0 Å². The smallest absolute Gasteiger partial charge is 0.163 e. The minimum absolute atomic E-state index is 0.265. The predicted octanol–water partition coefficient (Wildman–Crippen LogP) is 3.76. The van der Waals surface area contributed by atoms with Crippen LogP contribution in [0.3, 0.4) is 0 Å². The van der Waals surface area contributed by atoms with Crippen LogP contribution in [0.25, 0.3) is 11.0 Å². The molecule has 0 amide bonds. The highest BCUT2D eigenvalue weighted by Gasteiger charge is 2.18. The number of imidazole rings is 1. The summed E-state index contributed by atoms with van der Waals surface area (Å²) in [6, 6.07) is 4.13. The van der Waals surface area contributed by atoms with Gasteiger partial charge in [0.25, 0.3) is 0 Å². The minimum atomic E-state index is 0.265. The summed E-state index contributed by atoms with van der Waals surface area (Å²) >= 11 is 0. The molecule has 1 heterocycles. The first-order chi connectivity index (χ1) is 10.6. The van der Waals surface area contributed by atoms with E-state index in [1.54, 1.807) is 14.2 Å². The van der Waals surface area contributed by atoms with Crippen LogP contribution in [0.1, 0.15) is 45.5 Å². The molecule has 0 fully saturated rings. The number of H-pyrrole nitrogens is 1. The first-order valence-electron chi connectivity index (χ1n) is 8.00. The summed E-state index contributed by atoms with van der Waals surface area (Å²) in [7, 11) is 3.29. The second-order valence-electron chi connectivity index (χ2n) is 5.50. The van der Waals surface area contributed by atoms with E-state index in [0.717, 1.165) is 35.7 Å². The van der Waals surface area contributed by atoms with Crippen LogP contribution in [-0.4, -0.2) is 42.2 Å². The zero-order valence-electron chi connectivity index (χ0n) is 14.3. The number of methoxy groups -OCH3 is 2. The topological polar surface area (TPSA) is 50.4 Å². The maximum absolute atomic E-state index is 5.35. The third kappa shape index (κ3) is 3.35. The normalized spacial score (nSPS) is 12.8. The monoisotopic (exact) mass is 305 g/mol. The van der Waals surface area contributed by atoms with E-state index < -0.39 is 0 Å². The fraction of sp³-hybridized carbons (Fsp3) is 0.588. The maximum Gasteiger partial charge on any atom is 0.163 e. The average molecular weight is 305 g/mol. The van der Waals surface area contributed by atoms with Crippen molar-refractivity contribution in [1.29, 1.82) is 0 Å². The number of benzene rings is 1. The molecule has 1 atom stereocenters. The lowest BCUT2D eigenvalue weighted by Crippen LogP contribution is -2.28. The van der Waals surface area contributed by atoms with Gasteiger partial charge in [0.05, 0.1) is 31.3 Å². The Morgan fingerprint density at radius 2 is 1.86 bits per heavy atom. The van der Waals surface area contributed by atoms with E-state index in [9.17, 15) is 0 Å². The van der Waals surface area contributed by atoms with Gasteiger partial charge in [-0.2, -0.15) is 0 Å². The highest BCUT2D eigenvalue weighted by molar-refractivity contribution is 5.79. The number of ether oxygens (including phenoxy) is 2. The molecule has 1 aromatic heterocycles. The molecule has 2 aromatic rings. The zero-order valence-corrected chi connectivity index (χ0v) is 14.3. The molecule has 0 saturated heterocycles. The highest BCUT2D eigenvalue weighted by Crippen LogP contribution is 2.32. The zero-order chi connectivity index (χ0) is 16.1. The molecule has 5 nitrogen and oxygen atoms in total. The first kappa shape index (κ1) is 16.6. The molecular weight excluding hydrogens is 278 g/mol. The van der Waals surface area contributed by atoms with Crippen molar-refractivity contribution < 1.29 is 9.47 Å². The molecule has 1 unspecified atom stereocenters. The molecule has 5 heteroatoms. The summed E-state index contributed by atoms with van der Waals surface area (Å²) in [4.78, 5) is 10.6. The molecule has 0 bridgehead atoms. The van der Waals surface area contributed by atoms with Crippen LogP contribution in [0.5, 0.6) is 11.5 Å². The Morgan fingerprint density at radius 3 is 2.45 bits per heavy atom. The van der Waals surface area contributed by atoms with Crippen LogP contribution in [0.2, 0.25) is 0 Å². The lowest BCUT2D eigenvalue weighted by Gasteiger charge is -2.26. The van der Waals surface area contributed by atoms with Crippen LogP contribution < -0.4 is 9.47 Å². The van der Waals surface area contributed by atoms with E-state index in [1.807, 2.05) is 12.1 Å². The number of hydrogen-bond acceptors (Lipinski definition) is 4. The molecule has 1 aromatic carbocycles. The summed E-state index contributed by atoms with van der Waals surface area (Å²) in [6.45, 7) is 8.73. The highest BCUT2D eigenvalue weighted by atomic mass is 16.5. The Kier molecular flexibility index (Phi) is 5.66. The Labute approximate surface area is 132 Å². The first-order valence-corrected chi connectivity index (χ1v) is 8.00. The predicted molar refractivity (Wildman–Crippen MR) is 89.8 cm³/mol. The van der Waals surface area contributed by atoms with Crippen molar-refractivity contribution in [2.45, 2.75) is 39.7 Å². The van der Waals surface area contributed by atoms with Gasteiger partial charge in [0.1, 0.15) is 5.82 Å². The quantitative estimate of drug-likeness (QED) is 0.806. The number of aromatic amines is 1. The van der Waals surface area contributed by atoms with Crippen molar-refractivity contribution in [3.8, 4) is 11.5 Å². The van der Waals surface area contributed by atoms with Crippen LogP contribution in [0.4, 0.5) is 0 Å². The lowest BCUT2D eigenvalue weighted by atomic mass is 10.2. The van der Waals surface area contributed by atoms with Crippen LogP contribution in [0.15, 0.2) is 12.1 Å². The van der Waals surface area contributed by atoms with Gasteiger partial charge in [-0.05, 0) is 26.4 Å². The standard InChI is InChI=1S/C17H27N3O2/c1-6-8-9-20(7-2)12(3)17-18-13-10-15(21-4)16(22-5)11-14(13)19-17/h10-12H,6-9H2,1-5H3,(H,18,19). The van der Waals surface area contributed by atoms with Gasteiger partial charge in [-0.15, -0.1) is 0 Å². The largest absolute Gasteiger partial charge is 0.493 e. The Bertz CT molecular complexity index is 568. The van der Waals surface area contributed by atoms with E-state index in [4.69, 9.17) is 14.5 Å². The van der Waals surface area contributed by atoms with Gasteiger partial charge in [-0.1, -0.05) is 20.3 Å². The van der Waals surface area contributed by atoms with Crippen molar-refractivity contribution in [3.05, 3.63) is 18.0 Å². The summed E-state index contributed by atoms with van der Waals surface area (Å²) in [5.74, 6) is 2.42. The van der Waals surface area contributed by atoms with Gasteiger partial charge >= 0.3 is 0 Å². The molecule has 0 aliphatic carbocycles. The van der Waals surface area contributed by atoms with Crippen molar-refractivity contribution in [2.24, 2.45) is 0 Å². The van der Waals surface area contributed by atoms with Crippen molar-refractivity contribution in [1.82, 2.24) is 14.9 Å². The summed E-state index contributed by atoms with van der Waals surface area (Å²) in [5.41, 5.74) is 1.89. The van der Waals surface area contributed by atoms with Crippen molar-refractivity contribution in [2.75, 3.05) is 27.3 Å².